The highest BCUT2D eigenvalue weighted by Crippen LogP contribution is 2.30. The number of hydrogen-bond donors (Lipinski definition) is 1. The summed E-state index contributed by atoms with van der Waals surface area (Å²) in [5.74, 6) is 1.74. The van der Waals surface area contributed by atoms with Crippen LogP contribution in [0.5, 0.6) is 11.6 Å². The van der Waals surface area contributed by atoms with Crippen LogP contribution in [0, 0.1) is 6.92 Å². The molecule has 3 aromatic rings. The van der Waals surface area contributed by atoms with Gasteiger partial charge in [0, 0.05) is 37.4 Å². The normalized spacial score (nSPS) is 16.2. The Morgan fingerprint density at radius 1 is 1.13 bits per heavy atom. The topological polar surface area (TPSA) is 70.6 Å². The lowest BCUT2D eigenvalue weighted by Gasteiger charge is -2.40. The van der Waals surface area contributed by atoms with Crippen molar-refractivity contribution in [2.75, 3.05) is 29.9 Å². The van der Waals surface area contributed by atoms with E-state index in [1.807, 2.05) is 61.2 Å². The lowest BCUT2D eigenvalue weighted by Crippen LogP contribution is -2.55. The number of ether oxygens (including phenoxy) is 1. The minimum absolute atomic E-state index is 0.0167. The zero-order valence-electron chi connectivity index (χ0n) is 17.5. The predicted molar refractivity (Wildman–Crippen MR) is 122 cm³/mol. The lowest BCUT2D eigenvalue weighted by molar-refractivity contribution is 0.184. The molecule has 0 spiro atoms. The van der Waals surface area contributed by atoms with Gasteiger partial charge >= 0.3 is 6.03 Å². The molecule has 2 aromatic carbocycles. The first-order chi connectivity index (χ1) is 15.0. The van der Waals surface area contributed by atoms with Crippen LogP contribution in [0.2, 0.25) is 5.02 Å². The number of urea groups is 1. The van der Waals surface area contributed by atoms with Crippen molar-refractivity contribution in [3.8, 4) is 11.6 Å². The number of nitrogens with one attached hydrogen (secondary N) is 1. The average molecular weight is 438 g/mol. The van der Waals surface area contributed by atoms with E-state index in [0.29, 0.717) is 36.3 Å². The summed E-state index contributed by atoms with van der Waals surface area (Å²) in [7, 11) is 0. The zero-order chi connectivity index (χ0) is 21.8. The molecule has 1 aliphatic heterocycles. The third-order valence-corrected chi connectivity index (χ3v) is 5.48. The van der Waals surface area contributed by atoms with Crippen LogP contribution in [0.15, 0.2) is 60.9 Å². The van der Waals surface area contributed by atoms with Crippen molar-refractivity contribution in [3.05, 3.63) is 71.5 Å². The molecule has 31 heavy (non-hydrogen) atoms. The van der Waals surface area contributed by atoms with Gasteiger partial charge in [0.05, 0.1) is 5.02 Å². The number of para-hydroxylation sites is 1. The van der Waals surface area contributed by atoms with Gasteiger partial charge in [-0.05, 0) is 43.7 Å². The van der Waals surface area contributed by atoms with Crippen molar-refractivity contribution in [2.45, 2.75) is 19.9 Å². The minimum atomic E-state index is -0.0980. The number of carbonyl (C=O) groups excluding carboxylic acids is 1. The van der Waals surface area contributed by atoms with E-state index in [4.69, 9.17) is 16.3 Å². The summed E-state index contributed by atoms with van der Waals surface area (Å²) in [4.78, 5) is 25.3. The van der Waals surface area contributed by atoms with Crippen LogP contribution in [0.3, 0.4) is 0 Å². The average Bonchev–Trinajstić information content (AvgIpc) is 2.77. The van der Waals surface area contributed by atoms with Gasteiger partial charge in [0.25, 0.3) is 0 Å². The second kappa shape index (κ2) is 9.22. The molecule has 1 saturated heterocycles. The van der Waals surface area contributed by atoms with Crippen LogP contribution in [-0.2, 0) is 0 Å². The van der Waals surface area contributed by atoms with Crippen molar-refractivity contribution in [1.29, 1.82) is 0 Å². The third-order valence-electron chi connectivity index (χ3n) is 5.17. The van der Waals surface area contributed by atoms with Crippen molar-refractivity contribution in [3.63, 3.8) is 0 Å². The molecule has 8 heteroatoms. The molecule has 0 aliphatic carbocycles. The summed E-state index contributed by atoms with van der Waals surface area (Å²) in [6, 6.07) is 16.8. The monoisotopic (exact) mass is 437 g/mol. The summed E-state index contributed by atoms with van der Waals surface area (Å²) >= 11 is 6.24. The van der Waals surface area contributed by atoms with Gasteiger partial charge in [0.1, 0.15) is 17.9 Å². The van der Waals surface area contributed by atoms with Gasteiger partial charge in [-0.2, -0.15) is 0 Å². The number of halogens is 1. The van der Waals surface area contributed by atoms with Gasteiger partial charge in [-0.1, -0.05) is 35.9 Å². The molecule has 1 unspecified atom stereocenters. The number of benzene rings is 2. The fraction of sp³-hybridized carbons (Fsp3) is 0.261. The van der Waals surface area contributed by atoms with Crippen LogP contribution >= 0.6 is 11.6 Å². The van der Waals surface area contributed by atoms with Gasteiger partial charge in [0.15, 0.2) is 0 Å². The highest BCUT2D eigenvalue weighted by Gasteiger charge is 2.28. The molecular weight excluding hydrogens is 414 g/mol. The van der Waals surface area contributed by atoms with Crippen molar-refractivity contribution in [1.82, 2.24) is 14.9 Å². The number of carbonyl (C=O) groups is 1. The van der Waals surface area contributed by atoms with Gasteiger partial charge < -0.3 is 19.9 Å². The molecule has 0 radical (unpaired) electrons. The fourth-order valence-corrected chi connectivity index (χ4v) is 3.70. The molecule has 0 saturated carbocycles. The summed E-state index contributed by atoms with van der Waals surface area (Å²) < 4.78 is 5.89. The van der Waals surface area contributed by atoms with E-state index >= 15 is 0 Å². The van der Waals surface area contributed by atoms with Gasteiger partial charge in [0.2, 0.25) is 5.88 Å². The molecule has 4 rings (SSSR count). The Kier molecular flexibility index (Phi) is 6.23. The van der Waals surface area contributed by atoms with Crippen molar-refractivity contribution < 1.29 is 9.53 Å². The first-order valence-corrected chi connectivity index (χ1v) is 10.5. The maximum atomic E-state index is 12.7. The second-order valence-corrected chi connectivity index (χ2v) is 7.94. The molecule has 1 fully saturated rings. The zero-order valence-corrected chi connectivity index (χ0v) is 18.2. The second-order valence-electron chi connectivity index (χ2n) is 7.53. The van der Waals surface area contributed by atoms with E-state index in [2.05, 4.69) is 20.2 Å². The molecule has 160 valence electrons. The Bertz CT molecular complexity index is 1060. The molecule has 7 nitrogen and oxygen atoms in total. The number of piperazine rings is 1. The SMILES string of the molecule is Cc1ccc(Cl)c(Oc2cc(N3CCN(C(=O)Nc4ccccc4)C(C)C3)ncn2)c1. The highest BCUT2D eigenvalue weighted by atomic mass is 35.5. The number of nitrogens with zero attached hydrogens (tertiary/aromatic N) is 4. The predicted octanol–water partition coefficient (Wildman–Crippen LogP) is 4.97. The summed E-state index contributed by atoms with van der Waals surface area (Å²) in [5.41, 5.74) is 1.84. The van der Waals surface area contributed by atoms with Crippen LogP contribution in [-0.4, -0.2) is 46.6 Å². The van der Waals surface area contributed by atoms with E-state index < -0.39 is 0 Å². The minimum Gasteiger partial charge on any atom is -0.437 e. The maximum Gasteiger partial charge on any atom is 0.322 e. The quantitative estimate of drug-likeness (QED) is 0.623. The maximum absolute atomic E-state index is 12.7. The van der Waals surface area contributed by atoms with Gasteiger partial charge in [-0.25, -0.2) is 14.8 Å². The number of aromatic nitrogens is 2. The Labute approximate surface area is 186 Å². The third kappa shape index (κ3) is 5.06. The number of anilines is 2. The summed E-state index contributed by atoms with van der Waals surface area (Å²) in [6.07, 6.45) is 1.48. The molecule has 1 aliphatic rings. The first kappa shape index (κ1) is 20.9. The van der Waals surface area contributed by atoms with Gasteiger partial charge in [-0.3, -0.25) is 0 Å². The number of aryl methyl sites for hydroxylation is 1. The number of amides is 2. The van der Waals surface area contributed by atoms with E-state index in [-0.39, 0.29) is 12.1 Å². The summed E-state index contributed by atoms with van der Waals surface area (Å²) in [5, 5.41) is 3.48. The Balaban J connectivity index is 1.41. The molecular formula is C23H24ClN5O2. The largest absolute Gasteiger partial charge is 0.437 e. The molecule has 2 amide bonds. The Morgan fingerprint density at radius 3 is 2.71 bits per heavy atom. The standard InChI is InChI=1S/C23H24ClN5O2/c1-16-8-9-19(24)20(12-16)31-22-13-21(25-15-26-22)28-10-11-29(17(2)14-28)23(30)27-18-6-4-3-5-7-18/h3-9,12-13,15,17H,10-11,14H2,1-2H3,(H,27,30). The van der Waals surface area contributed by atoms with Crippen LogP contribution in [0.1, 0.15) is 12.5 Å². The molecule has 2 heterocycles. The molecule has 0 bridgehead atoms. The molecule has 1 aromatic heterocycles. The number of hydrogen-bond acceptors (Lipinski definition) is 5. The van der Waals surface area contributed by atoms with Crippen LogP contribution in [0.4, 0.5) is 16.3 Å². The van der Waals surface area contributed by atoms with Gasteiger partial charge in [-0.15, -0.1) is 0 Å². The van der Waals surface area contributed by atoms with Crippen molar-refractivity contribution >= 4 is 29.1 Å². The van der Waals surface area contributed by atoms with E-state index in [0.717, 1.165) is 17.1 Å². The first-order valence-electron chi connectivity index (χ1n) is 10.1. The Hall–Kier alpha value is -3.32. The van der Waals surface area contributed by atoms with E-state index in [1.54, 1.807) is 12.1 Å². The lowest BCUT2D eigenvalue weighted by atomic mass is 10.2. The molecule has 1 atom stereocenters. The highest BCUT2D eigenvalue weighted by molar-refractivity contribution is 6.32. The van der Waals surface area contributed by atoms with E-state index in [9.17, 15) is 4.79 Å². The Morgan fingerprint density at radius 2 is 1.94 bits per heavy atom. The smallest absolute Gasteiger partial charge is 0.322 e. The fourth-order valence-electron chi connectivity index (χ4n) is 3.54. The van der Waals surface area contributed by atoms with E-state index in [1.165, 1.54) is 6.33 Å². The van der Waals surface area contributed by atoms with Crippen molar-refractivity contribution in [2.24, 2.45) is 0 Å². The number of rotatable bonds is 4. The van der Waals surface area contributed by atoms with Crippen LogP contribution in [0.25, 0.3) is 0 Å². The molecule has 1 N–H and O–H groups in total. The summed E-state index contributed by atoms with van der Waals surface area (Å²) in [6.45, 7) is 5.91. The van der Waals surface area contributed by atoms with Crippen LogP contribution < -0.4 is 15.0 Å².